The van der Waals surface area contributed by atoms with Gasteiger partial charge in [-0.25, -0.2) is 0 Å². The van der Waals surface area contributed by atoms with Crippen molar-refractivity contribution >= 4 is 17.7 Å². The van der Waals surface area contributed by atoms with Crippen LogP contribution in [0.5, 0.6) is 5.75 Å². The molecule has 0 N–H and O–H groups in total. The topological polar surface area (TPSA) is 39.3 Å². The van der Waals surface area contributed by atoms with E-state index in [1.807, 2.05) is 23.1 Å². The summed E-state index contributed by atoms with van der Waals surface area (Å²) >= 11 is 0. The molecule has 2 heterocycles. The number of carbonyl (C=O) groups excluding carboxylic acids is 1. The van der Waals surface area contributed by atoms with Crippen molar-refractivity contribution in [2.75, 3.05) is 77.5 Å². The Labute approximate surface area is 191 Å². The van der Waals surface area contributed by atoms with Gasteiger partial charge in [0.25, 0.3) is 0 Å². The van der Waals surface area contributed by atoms with Crippen molar-refractivity contribution in [1.82, 2.24) is 14.7 Å². The van der Waals surface area contributed by atoms with Crippen molar-refractivity contribution in [2.45, 2.75) is 0 Å². The maximum absolute atomic E-state index is 12.8. The third-order valence-corrected chi connectivity index (χ3v) is 6.37. The lowest BCUT2D eigenvalue weighted by Crippen LogP contribution is -2.53. The van der Waals surface area contributed by atoms with E-state index in [4.69, 9.17) is 4.74 Å². The average molecular weight is 435 g/mol. The van der Waals surface area contributed by atoms with Crippen molar-refractivity contribution in [3.05, 3.63) is 66.2 Å². The van der Waals surface area contributed by atoms with E-state index in [0.29, 0.717) is 6.54 Å². The van der Waals surface area contributed by atoms with Crippen molar-refractivity contribution in [3.63, 3.8) is 0 Å². The van der Waals surface area contributed by atoms with Gasteiger partial charge in [0.05, 0.1) is 13.7 Å². The molecule has 170 valence electrons. The van der Waals surface area contributed by atoms with E-state index < -0.39 is 0 Å². The van der Waals surface area contributed by atoms with Gasteiger partial charge in [0, 0.05) is 64.6 Å². The van der Waals surface area contributed by atoms with Gasteiger partial charge in [-0.2, -0.15) is 0 Å². The molecule has 0 spiro atoms. The van der Waals surface area contributed by atoms with Crippen molar-refractivity contribution in [3.8, 4) is 5.75 Å². The number of nitrogens with zero attached hydrogens (tertiary/aromatic N) is 4. The maximum Gasteiger partial charge on any atom is 0.236 e. The van der Waals surface area contributed by atoms with E-state index in [1.165, 1.54) is 11.3 Å². The quantitative estimate of drug-likeness (QED) is 0.670. The molecule has 0 radical (unpaired) electrons. The van der Waals surface area contributed by atoms with Gasteiger partial charge in [-0.15, -0.1) is 0 Å². The Morgan fingerprint density at radius 2 is 1.50 bits per heavy atom. The molecule has 0 atom stereocenters. The molecule has 0 aromatic heterocycles. The summed E-state index contributed by atoms with van der Waals surface area (Å²) < 4.78 is 5.24. The fourth-order valence-electron chi connectivity index (χ4n) is 4.33. The van der Waals surface area contributed by atoms with Gasteiger partial charge in [-0.3, -0.25) is 14.6 Å². The van der Waals surface area contributed by atoms with Crippen LogP contribution in [0.15, 0.2) is 60.7 Å². The first-order valence-corrected chi connectivity index (χ1v) is 11.5. The predicted molar refractivity (Wildman–Crippen MR) is 130 cm³/mol. The molecule has 2 fully saturated rings. The highest BCUT2D eigenvalue weighted by atomic mass is 16.5. The second-order valence-corrected chi connectivity index (χ2v) is 8.46. The molecule has 2 aromatic rings. The summed E-state index contributed by atoms with van der Waals surface area (Å²) in [6.45, 7) is 8.76. The number of hydrogen-bond donors (Lipinski definition) is 0. The van der Waals surface area contributed by atoms with Gasteiger partial charge in [0.1, 0.15) is 5.75 Å². The summed E-state index contributed by atoms with van der Waals surface area (Å²) in [5, 5.41) is 0. The normalized spacial score (nSPS) is 18.3. The molecule has 0 unspecified atom stereocenters. The van der Waals surface area contributed by atoms with Crippen molar-refractivity contribution < 1.29 is 9.53 Å². The minimum absolute atomic E-state index is 0.261. The molecule has 6 heteroatoms. The number of rotatable bonds is 7. The van der Waals surface area contributed by atoms with Gasteiger partial charge < -0.3 is 14.5 Å². The first kappa shape index (κ1) is 22.4. The maximum atomic E-state index is 12.8. The fraction of sp³-hybridized carbons (Fsp3) is 0.423. The highest BCUT2D eigenvalue weighted by Gasteiger charge is 2.24. The lowest BCUT2D eigenvalue weighted by Gasteiger charge is -2.38. The number of carbonyl (C=O) groups is 1. The molecule has 6 nitrogen and oxygen atoms in total. The van der Waals surface area contributed by atoms with Crippen molar-refractivity contribution in [2.24, 2.45) is 0 Å². The third kappa shape index (κ3) is 6.11. The number of benzene rings is 2. The third-order valence-electron chi connectivity index (χ3n) is 6.37. The fourth-order valence-corrected chi connectivity index (χ4v) is 4.33. The molecule has 0 saturated carbocycles. The Bertz CT molecular complexity index is 868. The van der Waals surface area contributed by atoms with Crippen LogP contribution in [-0.2, 0) is 4.79 Å². The lowest BCUT2D eigenvalue weighted by molar-refractivity contribution is -0.133. The Kier molecular flexibility index (Phi) is 7.80. The van der Waals surface area contributed by atoms with E-state index in [0.717, 1.165) is 64.7 Å². The number of ether oxygens (including phenoxy) is 1. The van der Waals surface area contributed by atoms with E-state index in [2.05, 4.69) is 63.2 Å². The van der Waals surface area contributed by atoms with Crippen LogP contribution < -0.4 is 9.64 Å². The summed E-state index contributed by atoms with van der Waals surface area (Å²) in [7, 11) is 1.68. The van der Waals surface area contributed by atoms with E-state index >= 15 is 0 Å². The van der Waals surface area contributed by atoms with Crippen LogP contribution >= 0.6 is 0 Å². The standard InChI is InChI=1S/C26H34N4O2/c1-32-25-11-9-24(10-12-25)29-18-20-30(21-19-29)26(31)22-28-16-14-27(15-17-28)13-5-8-23-6-3-2-4-7-23/h2-12H,13-22H2,1H3/b8-5+. The molecule has 2 saturated heterocycles. The molecule has 4 rings (SSSR count). The molecule has 0 aliphatic carbocycles. The second-order valence-electron chi connectivity index (χ2n) is 8.46. The van der Waals surface area contributed by atoms with Gasteiger partial charge in [-0.05, 0) is 29.8 Å². The van der Waals surface area contributed by atoms with Crippen LogP contribution in [0, 0.1) is 0 Å². The summed E-state index contributed by atoms with van der Waals surface area (Å²) in [6.07, 6.45) is 4.42. The van der Waals surface area contributed by atoms with Gasteiger partial charge in [-0.1, -0.05) is 42.5 Å². The van der Waals surface area contributed by atoms with E-state index in [9.17, 15) is 4.79 Å². The van der Waals surface area contributed by atoms with Crippen LogP contribution in [0.4, 0.5) is 5.69 Å². The Hall–Kier alpha value is -2.83. The number of methoxy groups -OCH3 is 1. The number of amides is 1. The summed E-state index contributed by atoms with van der Waals surface area (Å²) in [5.74, 6) is 1.13. The Balaban J connectivity index is 1.16. The molecule has 2 aromatic carbocycles. The molecular formula is C26H34N4O2. The van der Waals surface area contributed by atoms with Gasteiger partial charge in [0.2, 0.25) is 5.91 Å². The van der Waals surface area contributed by atoms with Crippen LogP contribution in [0.1, 0.15) is 5.56 Å². The van der Waals surface area contributed by atoms with Crippen LogP contribution in [-0.4, -0.2) is 93.2 Å². The number of piperazine rings is 2. The monoisotopic (exact) mass is 434 g/mol. The zero-order valence-corrected chi connectivity index (χ0v) is 19.0. The smallest absolute Gasteiger partial charge is 0.236 e. The molecule has 32 heavy (non-hydrogen) atoms. The number of anilines is 1. The molecule has 2 aliphatic heterocycles. The lowest BCUT2D eigenvalue weighted by atomic mass is 10.2. The summed E-state index contributed by atoms with van der Waals surface area (Å²) in [4.78, 5) is 21.9. The first-order valence-electron chi connectivity index (χ1n) is 11.5. The van der Waals surface area contributed by atoms with Gasteiger partial charge in [0.15, 0.2) is 0 Å². The van der Waals surface area contributed by atoms with Crippen LogP contribution in [0.25, 0.3) is 6.08 Å². The molecular weight excluding hydrogens is 400 g/mol. The van der Waals surface area contributed by atoms with Gasteiger partial charge >= 0.3 is 0 Å². The largest absolute Gasteiger partial charge is 0.497 e. The first-order chi connectivity index (χ1) is 15.7. The summed E-state index contributed by atoms with van der Waals surface area (Å²) in [6, 6.07) is 18.6. The van der Waals surface area contributed by atoms with E-state index in [1.54, 1.807) is 7.11 Å². The Morgan fingerprint density at radius 1 is 0.844 bits per heavy atom. The van der Waals surface area contributed by atoms with Crippen molar-refractivity contribution in [1.29, 1.82) is 0 Å². The molecule has 1 amide bonds. The SMILES string of the molecule is COc1ccc(N2CCN(C(=O)CN3CCN(C/C=C/c4ccccc4)CC3)CC2)cc1. The Morgan fingerprint density at radius 3 is 2.16 bits per heavy atom. The average Bonchev–Trinajstić information content (AvgIpc) is 2.86. The second kappa shape index (κ2) is 11.2. The molecule has 0 bridgehead atoms. The minimum atomic E-state index is 0.261. The minimum Gasteiger partial charge on any atom is -0.497 e. The zero-order chi connectivity index (χ0) is 22.2. The number of hydrogen-bond acceptors (Lipinski definition) is 5. The zero-order valence-electron chi connectivity index (χ0n) is 19.0. The van der Waals surface area contributed by atoms with Crippen LogP contribution in [0.2, 0.25) is 0 Å². The molecule has 2 aliphatic rings. The van der Waals surface area contributed by atoms with Crippen LogP contribution in [0.3, 0.4) is 0 Å². The predicted octanol–water partition coefficient (Wildman–Crippen LogP) is 2.67. The summed E-state index contributed by atoms with van der Waals surface area (Å²) in [5.41, 5.74) is 2.43. The van der Waals surface area contributed by atoms with E-state index in [-0.39, 0.29) is 5.91 Å². The highest BCUT2D eigenvalue weighted by molar-refractivity contribution is 5.78. The highest BCUT2D eigenvalue weighted by Crippen LogP contribution is 2.20.